The Hall–Kier alpha value is -2.68. The number of benzene rings is 1. The average Bonchev–Trinajstić information content (AvgIpc) is 3.46. The summed E-state index contributed by atoms with van der Waals surface area (Å²) in [5.41, 5.74) is 9.52. The summed E-state index contributed by atoms with van der Waals surface area (Å²) in [6, 6.07) is 15.8. The fraction of sp³-hybridized carbons (Fsp3) is 0.538. The highest BCUT2D eigenvalue weighted by Crippen LogP contribution is 2.43. The number of nitrogens with one attached hydrogen (secondary N) is 3. The number of carbonyl (C=O) groups excluding carboxylic acids is 1. The average molecular weight is 463 g/mol. The number of likely N-dealkylation sites (tertiary alicyclic amines) is 1. The molecule has 3 N–H and O–H groups in total. The molecule has 3 aliphatic heterocycles. The monoisotopic (exact) mass is 462 g/mol. The lowest BCUT2D eigenvalue weighted by Crippen LogP contribution is -2.63. The number of urea groups is 1. The Balaban J connectivity index is 1.20. The summed E-state index contributed by atoms with van der Waals surface area (Å²) in [5, 5.41) is 3.39. The van der Waals surface area contributed by atoms with E-state index in [0.29, 0.717) is 29.7 Å². The molecule has 4 aliphatic rings. The first-order valence-corrected chi connectivity index (χ1v) is 12.4. The topological polar surface area (TPSA) is 81.8 Å². The lowest BCUT2D eigenvalue weighted by molar-refractivity contribution is 0.0790. The van der Waals surface area contributed by atoms with Gasteiger partial charge in [-0.1, -0.05) is 36.4 Å². The van der Waals surface area contributed by atoms with Crippen LogP contribution in [0, 0.1) is 11.8 Å². The van der Waals surface area contributed by atoms with E-state index in [2.05, 4.69) is 74.4 Å². The fourth-order valence-corrected chi connectivity index (χ4v) is 6.75. The van der Waals surface area contributed by atoms with Crippen molar-refractivity contribution in [2.75, 3.05) is 33.8 Å². The minimum absolute atomic E-state index is 0.0998. The Morgan fingerprint density at radius 1 is 0.971 bits per heavy atom. The molecule has 34 heavy (non-hydrogen) atoms. The van der Waals surface area contributed by atoms with Crippen LogP contribution in [0.3, 0.4) is 0 Å². The van der Waals surface area contributed by atoms with Crippen molar-refractivity contribution in [3.8, 4) is 5.88 Å². The second kappa shape index (κ2) is 8.83. The molecule has 1 saturated carbocycles. The van der Waals surface area contributed by atoms with Gasteiger partial charge in [-0.3, -0.25) is 5.43 Å². The van der Waals surface area contributed by atoms with Crippen molar-refractivity contribution in [2.24, 2.45) is 11.8 Å². The number of methoxy groups -OCH3 is 1. The van der Waals surface area contributed by atoms with Crippen LogP contribution in [0.4, 0.5) is 4.79 Å². The zero-order chi connectivity index (χ0) is 23.2. The molecule has 2 amide bonds. The van der Waals surface area contributed by atoms with Crippen molar-refractivity contribution in [1.82, 2.24) is 31.0 Å². The summed E-state index contributed by atoms with van der Waals surface area (Å²) in [6.45, 7) is 2.73. The maximum atomic E-state index is 13.3. The summed E-state index contributed by atoms with van der Waals surface area (Å²) >= 11 is 0. The summed E-state index contributed by atoms with van der Waals surface area (Å²) in [4.78, 5) is 22.2. The van der Waals surface area contributed by atoms with Crippen LogP contribution in [0.15, 0.2) is 48.7 Å². The quantitative estimate of drug-likeness (QED) is 0.646. The molecule has 0 spiro atoms. The van der Waals surface area contributed by atoms with E-state index in [1.165, 1.54) is 11.1 Å². The van der Waals surface area contributed by atoms with Crippen LogP contribution >= 0.6 is 0 Å². The molecule has 4 fully saturated rings. The lowest BCUT2D eigenvalue weighted by atomic mass is 9.71. The molecule has 180 valence electrons. The first-order valence-electron chi connectivity index (χ1n) is 12.4. The van der Waals surface area contributed by atoms with Gasteiger partial charge in [-0.25, -0.2) is 15.2 Å². The third-order valence-corrected chi connectivity index (χ3v) is 8.45. The fourth-order valence-electron chi connectivity index (χ4n) is 6.75. The zero-order valence-electron chi connectivity index (χ0n) is 19.9. The van der Waals surface area contributed by atoms with Crippen LogP contribution < -0.4 is 20.9 Å². The molecule has 7 atom stereocenters. The highest BCUT2D eigenvalue weighted by Gasteiger charge is 2.50. The summed E-state index contributed by atoms with van der Waals surface area (Å²) in [5.74, 6) is 1.88. The third-order valence-electron chi connectivity index (χ3n) is 8.45. The second-order valence-electron chi connectivity index (χ2n) is 10.4. The second-order valence-corrected chi connectivity index (χ2v) is 10.4. The maximum Gasteiger partial charge on any atom is 0.317 e. The van der Waals surface area contributed by atoms with E-state index in [1.807, 2.05) is 12.3 Å². The Bertz CT molecular complexity index is 1020. The molecule has 5 unspecified atom stereocenters. The molecule has 8 nitrogen and oxygen atoms in total. The SMILES string of the molecule is COc1ccc(C2NNC3CC4NC(=O)N([C@@H]5CN(C)C[C@H]5c5ccccc5)CC4CC32)cn1. The van der Waals surface area contributed by atoms with Crippen LogP contribution in [-0.4, -0.2) is 72.7 Å². The molecule has 1 aliphatic carbocycles. The summed E-state index contributed by atoms with van der Waals surface area (Å²) in [6.07, 6.45) is 3.94. The number of rotatable bonds is 4. The molecular formula is C26H34N6O2. The summed E-state index contributed by atoms with van der Waals surface area (Å²) < 4.78 is 5.23. The standard InChI is InChI=1S/C26H34N6O2/c1-31-14-20(16-6-4-3-5-7-16)23(15-31)32-13-18-10-19-22(11-21(18)28-26(32)33)29-30-25(19)17-8-9-24(34-2)27-12-17/h3-9,12,18-23,25,29-30H,10-11,13-15H2,1-2H3,(H,28,33)/t18?,19?,20-,21?,22?,23+,25?/m0/s1. The number of ether oxygens (including phenoxy) is 1. The summed E-state index contributed by atoms with van der Waals surface area (Å²) in [7, 11) is 3.80. The van der Waals surface area contributed by atoms with Crippen LogP contribution in [0.2, 0.25) is 0 Å². The van der Waals surface area contributed by atoms with Gasteiger partial charge in [-0.15, -0.1) is 0 Å². The molecule has 1 aromatic heterocycles. The third kappa shape index (κ3) is 3.83. The molecule has 0 radical (unpaired) electrons. The molecular weight excluding hydrogens is 428 g/mol. The van der Waals surface area contributed by atoms with Gasteiger partial charge in [-0.05, 0) is 42.9 Å². The number of hydrogen-bond donors (Lipinski definition) is 3. The predicted molar refractivity (Wildman–Crippen MR) is 129 cm³/mol. The Morgan fingerprint density at radius 3 is 2.59 bits per heavy atom. The van der Waals surface area contributed by atoms with Crippen molar-refractivity contribution < 1.29 is 9.53 Å². The van der Waals surface area contributed by atoms with E-state index in [4.69, 9.17) is 4.74 Å². The number of hydrazine groups is 1. The largest absolute Gasteiger partial charge is 0.481 e. The number of amides is 2. The number of fused-ring (bicyclic) bond motifs is 2. The van der Waals surface area contributed by atoms with E-state index < -0.39 is 0 Å². The molecule has 8 heteroatoms. The number of likely N-dealkylation sites (N-methyl/N-ethyl adjacent to an activating group) is 1. The van der Waals surface area contributed by atoms with Gasteiger partial charge in [0, 0.05) is 49.9 Å². The normalized spacial score (nSPS) is 35.5. The Kier molecular flexibility index (Phi) is 5.67. The van der Waals surface area contributed by atoms with E-state index >= 15 is 0 Å². The van der Waals surface area contributed by atoms with Crippen LogP contribution in [0.5, 0.6) is 5.88 Å². The zero-order valence-corrected chi connectivity index (χ0v) is 19.9. The number of pyridine rings is 1. The molecule has 6 rings (SSSR count). The Labute approximate surface area is 201 Å². The van der Waals surface area contributed by atoms with Crippen LogP contribution in [0.1, 0.15) is 35.9 Å². The van der Waals surface area contributed by atoms with Crippen LogP contribution in [0.25, 0.3) is 0 Å². The minimum atomic E-state index is 0.0998. The highest BCUT2D eigenvalue weighted by atomic mass is 16.5. The van der Waals surface area contributed by atoms with E-state index in [1.54, 1.807) is 7.11 Å². The van der Waals surface area contributed by atoms with E-state index in [9.17, 15) is 4.79 Å². The van der Waals surface area contributed by atoms with Crippen molar-refractivity contribution in [2.45, 2.75) is 42.9 Å². The number of nitrogens with zero attached hydrogens (tertiary/aromatic N) is 3. The van der Waals surface area contributed by atoms with E-state index in [-0.39, 0.29) is 24.2 Å². The van der Waals surface area contributed by atoms with Crippen LogP contribution in [-0.2, 0) is 0 Å². The molecule has 0 bridgehead atoms. The van der Waals surface area contributed by atoms with Gasteiger partial charge >= 0.3 is 6.03 Å². The number of aromatic nitrogens is 1. The first-order chi connectivity index (χ1) is 16.6. The minimum Gasteiger partial charge on any atom is -0.481 e. The van der Waals surface area contributed by atoms with Gasteiger partial charge in [-0.2, -0.15) is 0 Å². The Morgan fingerprint density at radius 2 is 1.82 bits per heavy atom. The smallest absolute Gasteiger partial charge is 0.317 e. The van der Waals surface area contributed by atoms with Gasteiger partial charge in [0.1, 0.15) is 0 Å². The van der Waals surface area contributed by atoms with Gasteiger partial charge < -0.3 is 19.9 Å². The molecule has 4 heterocycles. The van der Waals surface area contributed by atoms with Gasteiger partial charge in [0.15, 0.2) is 0 Å². The van der Waals surface area contributed by atoms with Crippen molar-refractivity contribution in [3.63, 3.8) is 0 Å². The predicted octanol–water partition coefficient (Wildman–Crippen LogP) is 2.13. The highest BCUT2D eigenvalue weighted by molar-refractivity contribution is 5.76. The van der Waals surface area contributed by atoms with Crippen molar-refractivity contribution in [3.05, 3.63) is 59.8 Å². The number of carbonyl (C=O) groups is 1. The van der Waals surface area contributed by atoms with Crippen molar-refractivity contribution >= 4 is 6.03 Å². The van der Waals surface area contributed by atoms with Gasteiger partial charge in [0.05, 0.1) is 19.2 Å². The van der Waals surface area contributed by atoms with Crippen molar-refractivity contribution in [1.29, 1.82) is 0 Å². The lowest BCUT2D eigenvalue weighted by Gasteiger charge is -2.48. The van der Waals surface area contributed by atoms with E-state index in [0.717, 1.165) is 32.5 Å². The first kappa shape index (κ1) is 21.8. The molecule has 2 aromatic rings. The molecule has 1 aromatic carbocycles. The maximum absolute atomic E-state index is 13.3. The van der Waals surface area contributed by atoms with Gasteiger partial charge in [0.25, 0.3) is 0 Å². The van der Waals surface area contributed by atoms with Gasteiger partial charge in [0.2, 0.25) is 5.88 Å². The molecule has 3 saturated heterocycles. The number of hydrogen-bond acceptors (Lipinski definition) is 6.